The zero-order valence-corrected chi connectivity index (χ0v) is 13.7. The normalized spacial score (nSPS) is 24.0. The zero-order valence-electron chi connectivity index (χ0n) is 13.7. The number of likely N-dealkylation sites (tertiary alicyclic amines) is 1. The molecular weight excluding hydrogens is 290 g/mol. The molecule has 0 bridgehead atoms. The van der Waals surface area contributed by atoms with Crippen molar-refractivity contribution >= 4 is 11.8 Å². The molecule has 0 aromatic heterocycles. The van der Waals surface area contributed by atoms with Crippen LogP contribution >= 0.6 is 0 Å². The highest BCUT2D eigenvalue weighted by molar-refractivity contribution is 5.95. The average Bonchev–Trinajstić information content (AvgIpc) is 3.24. The molecule has 2 aliphatic heterocycles. The lowest BCUT2D eigenvalue weighted by Crippen LogP contribution is -2.42. The monoisotopic (exact) mass is 315 g/mol. The van der Waals surface area contributed by atoms with Crippen LogP contribution in [0.2, 0.25) is 0 Å². The standard InChI is InChI=1S/C18H25N3O2/c1-13-6-2-3-7-15(13)17(22)20-12-14-10-16(19-11-14)18(23)21-8-4-5-9-21/h2-3,6-7,14,16,19H,4-5,8-12H2,1H3,(H,20,22)/t14-,16-/m0/s1. The second-order valence-electron chi connectivity index (χ2n) is 6.62. The number of carbonyl (C=O) groups excluding carboxylic acids is 2. The van der Waals surface area contributed by atoms with Gasteiger partial charge < -0.3 is 15.5 Å². The highest BCUT2D eigenvalue weighted by Gasteiger charge is 2.33. The van der Waals surface area contributed by atoms with Gasteiger partial charge in [0.1, 0.15) is 0 Å². The van der Waals surface area contributed by atoms with Gasteiger partial charge in [-0.1, -0.05) is 18.2 Å². The van der Waals surface area contributed by atoms with E-state index >= 15 is 0 Å². The summed E-state index contributed by atoms with van der Waals surface area (Å²) in [6.45, 7) is 5.14. The van der Waals surface area contributed by atoms with Gasteiger partial charge in [-0.15, -0.1) is 0 Å². The van der Waals surface area contributed by atoms with E-state index in [1.165, 1.54) is 0 Å². The molecule has 2 saturated heterocycles. The van der Waals surface area contributed by atoms with Crippen molar-refractivity contribution in [3.8, 4) is 0 Å². The van der Waals surface area contributed by atoms with Crippen molar-refractivity contribution in [1.82, 2.24) is 15.5 Å². The lowest BCUT2D eigenvalue weighted by atomic mass is 10.0. The molecule has 1 aromatic carbocycles. The molecule has 0 saturated carbocycles. The van der Waals surface area contributed by atoms with E-state index in [-0.39, 0.29) is 17.9 Å². The fraction of sp³-hybridized carbons (Fsp3) is 0.556. The first-order valence-corrected chi connectivity index (χ1v) is 8.51. The van der Waals surface area contributed by atoms with Crippen LogP contribution in [0.5, 0.6) is 0 Å². The van der Waals surface area contributed by atoms with Crippen molar-refractivity contribution in [2.75, 3.05) is 26.2 Å². The van der Waals surface area contributed by atoms with Gasteiger partial charge in [0.15, 0.2) is 0 Å². The van der Waals surface area contributed by atoms with Gasteiger partial charge in [0.25, 0.3) is 5.91 Å². The maximum Gasteiger partial charge on any atom is 0.251 e. The number of nitrogens with one attached hydrogen (secondary N) is 2. The molecule has 23 heavy (non-hydrogen) atoms. The smallest absolute Gasteiger partial charge is 0.251 e. The number of benzene rings is 1. The van der Waals surface area contributed by atoms with Gasteiger partial charge in [-0.25, -0.2) is 0 Å². The first-order valence-electron chi connectivity index (χ1n) is 8.51. The number of hydrogen-bond acceptors (Lipinski definition) is 3. The first kappa shape index (κ1) is 16.0. The van der Waals surface area contributed by atoms with E-state index in [1.54, 1.807) is 0 Å². The SMILES string of the molecule is Cc1ccccc1C(=O)NC[C@@H]1CN[C@H](C(=O)N2CCCC2)C1. The minimum absolute atomic E-state index is 0.0302. The van der Waals surface area contributed by atoms with Crippen LogP contribution < -0.4 is 10.6 Å². The van der Waals surface area contributed by atoms with Crippen LogP contribution in [0.25, 0.3) is 0 Å². The fourth-order valence-electron chi connectivity index (χ4n) is 3.47. The molecule has 3 rings (SSSR count). The molecule has 2 atom stereocenters. The van der Waals surface area contributed by atoms with Crippen molar-refractivity contribution in [1.29, 1.82) is 0 Å². The summed E-state index contributed by atoms with van der Waals surface area (Å²) in [6, 6.07) is 7.52. The average molecular weight is 315 g/mol. The van der Waals surface area contributed by atoms with Gasteiger partial charge >= 0.3 is 0 Å². The predicted octanol–water partition coefficient (Wildman–Crippen LogP) is 1.33. The number of amides is 2. The van der Waals surface area contributed by atoms with Crippen LogP contribution in [0.1, 0.15) is 35.2 Å². The molecule has 2 aliphatic rings. The van der Waals surface area contributed by atoms with Crippen LogP contribution in [0.4, 0.5) is 0 Å². The Morgan fingerprint density at radius 1 is 1.26 bits per heavy atom. The zero-order chi connectivity index (χ0) is 16.2. The summed E-state index contributed by atoms with van der Waals surface area (Å²) in [5, 5.41) is 6.32. The molecular formula is C18H25N3O2. The Morgan fingerprint density at radius 3 is 2.74 bits per heavy atom. The third-order valence-corrected chi connectivity index (χ3v) is 4.88. The van der Waals surface area contributed by atoms with Crippen molar-refractivity contribution in [3.05, 3.63) is 35.4 Å². The lowest BCUT2D eigenvalue weighted by Gasteiger charge is -2.20. The van der Waals surface area contributed by atoms with Crippen molar-refractivity contribution in [2.45, 2.75) is 32.2 Å². The minimum Gasteiger partial charge on any atom is -0.352 e. The molecule has 124 valence electrons. The predicted molar refractivity (Wildman–Crippen MR) is 89.2 cm³/mol. The number of aryl methyl sites for hydroxylation is 1. The molecule has 0 unspecified atom stereocenters. The molecule has 5 heteroatoms. The summed E-state index contributed by atoms with van der Waals surface area (Å²) in [6.07, 6.45) is 3.05. The van der Waals surface area contributed by atoms with Gasteiger partial charge in [0.05, 0.1) is 6.04 Å². The Hall–Kier alpha value is -1.88. The summed E-state index contributed by atoms with van der Waals surface area (Å²) in [4.78, 5) is 26.6. The second kappa shape index (κ2) is 7.13. The third-order valence-electron chi connectivity index (χ3n) is 4.88. The molecule has 2 amide bonds. The van der Waals surface area contributed by atoms with Crippen LogP contribution in [0.3, 0.4) is 0 Å². The molecule has 2 N–H and O–H groups in total. The molecule has 5 nitrogen and oxygen atoms in total. The Kier molecular flexibility index (Phi) is 4.96. The van der Waals surface area contributed by atoms with E-state index in [0.717, 1.165) is 50.0 Å². The highest BCUT2D eigenvalue weighted by Crippen LogP contribution is 2.18. The molecule has 2 heterocycles. The Morgan fingerprint density at radius 2 is 2.00 bits per heavy atom. The fourth-order valence-corrected chi connectivity index (χ4v) is 3.47. The van der Waals surface area contributed by atoms with Gasteiger partial charge in [0.2, 0.25) is 5.91 Å². The Bertz CT molecular complexity index is 581. The van der Waals surface area contributed by atoms with Crippen LogP contribution in [-0.4, -0.2) is 48.9 Å². The molecule has 0 spiro atoms. The number of rotatable bonds is 4. The van der Waals surface area contributed by atoms with Crippen molar-refractivity contribution < 1.29 is 9.59 Å². The lowest BCUT2D eigenvalue weighted by molar-refractivity contribution is -0.132. The van der Waals surface area contributed by atoms with Crippen molar-refractivity contribution in [3.63, 3.8) is 0 Å². The quantitative estimate of drug-likeness (QED) is 0.881. The maximum absolute atomic E-state index is 12.4. The summed E-state index contributed by atoms with van der Waals surface area (Å²) in [5.74, 6) is 0.521. The Balaban J connectivity index is 1.47. The van der Waals surface area contributed by atoms with Crippen LogP contribution in [0.15, 0.2) is 24.3 Å². The molecule has 1 aromatic rings. The second-order valence-corrected chi connectivity index (χ2v) is 6.62. The van der Waals surface area contributed by atoms with E-state index in [9.17, 15) is 9.59 Å². The van der Waals surface area contributed by atoms with Crippen LogP contribution in [-0.2, 0) is 4.79 Å². The van der Waals surface area contributed by atoms with Gasteiger partial charge in [0, 0.05) is 31.7 Å². The molecule has 0 aliphatic carbocycles. The summed E-state index contributed by atoms with van der Waals surface area (Å²) in [5.41, 5.74) is 1.71. The maximum atomic E-state index is 12.4. The van der Waals surface area contributed by atoms with Gasteiger partial charge in [-0.2, -0.15) is 0 Å². The van der Waals surface area contributed by atoms with E-state index in [4.69, 9.17) is 0 Å². The van der Waals surface area contributed by atoms with Gasteiger partial charge in [-0.05, 0) is 43.7 Å². The number of nitrogens with zero attached hydrogens (tertiary/aromatic N) is 1. The Labute approximate surface area is 137 Å². The van der Waals surface area contributed by atoms with E-state index in [0.29, 0.717) is 12.5 Å². The highest BCUT2D eigenvalue weighted by atomic mass is 16.2. The van der Waals surface area contributed by atoms with Crippen LogP contribution in [0, 0.1) is 12.8 Å². The van der Waals surface area contributed by atoms with Gasteiger partial charge in [-0.3, -0.25) is 9.59 Å². The van der Waals surface area contributed by atoms with E-state index < -0.39 is 0 Å². The van der Waals surface area contributed by atoms with Crippen molar-refractivity contribution in [2.24, 2.45) is 5.92 Å². The van der Waals surface area contributed by atoms with E-state index in [2.05, 4.69) is 10.6 Å². The number of carbonyl (C=O) groups is 2. The summed E-state index contributed by atoms with van der Waals surface area (Å²) in [7, 11) is 0. The molecule has 2 fully saturated rings. The summed E-state index contributed by atoms with van der Waals surface area (Å²) < 4.78 is 0. The minimum atomic E-state index is -0.0755. The first-order chi connectivity index (χ1) is 11.1. The third kappa shape index (κ3) is 3.72. The van der Waals surface area contributed by atoms with E-state index in [1.807, 2.05) is 36.1 Å². The summed E-state index contributed by atoms with van der Waals surface area (Å²) >= 11 is 0. The topological polar surface area (TPSA) is 61.4 Å². The largest absolute Gasteiger partial charge is 0.352 e. The number of hydrogen-bond donors (Lipinski definition) is 2. The molecule has 0 radical (unpaired) electrons.